The molecule has 2 aliphatic heterocycles. The van der Waals surface area contributed by atoms with Crippen molar-refractivity contribution in [2.75, 3.05) is 13.1 Å². The fourth-order valence-corrected chi connectivity index (χ4v) is 4.26. The van der Waals surface area contributed by atoms with Crippen molar-refractivity contribution < 1.29 is 4.79 Å². The van der Waals surface area contributed by atoms with Crippen LogP contribution < -0.4 is 0 Å². The summed E-state index contributed by atoms with van der Waals surface area (Å²) in [7, 11) is 0. The van der Waals surface area contributed by atoms with Crippen LogP contribution in [-0.2, 0) is 17.9 Å². The average Bonchev–Trinajstić information content (AvgIpc) is 3.19. The number of hydrogen-bond donors (Lipinski definition) is 0. The minimum absolute atomic E-state index is 0.00660. The van der Waals surface area contributed by atoms with Crippen LogP contribution in [0.15, 0.2) is 30.5 Å². The number of nitrogens with zero attached hydrogens (tertiary/aromatic N) is 3. The third-order valence-corrected chi connectivity index (χ3v) is 5.63. The lowest BCUT2D eigenvalue weighted by molar-refractivity contribution is -0.143. The van der Waals surface area contributed by atoms with Gasteiger partial charge in [-0.25, -0.2) is 0 Å². The molecule has 4 rings (SSSR count). The molecule has 0 spiro atoms. The Morgan fingerprint density at radius 2 is 2.13 bits per heavy atom. The number of carbonyl (C=O) groups excluding carboxylic acids is 1. The number of fused-ring (bicyclic) bond motifs is 2. The first-order valence-electron chi connectivity index (χ1n) is 8.80. The molecule has 2 fully saturated rings. The predicted molar refractivity (Wildman–Crippen MR) is 92.2 cm³/mol. The van der Waals surface area contributed by atoms with Crippen LogP contribution in [0.5, 0.6) is 0 Å². The Hall–Kier alpha value is -1.81. The minimum Gasteiger partial charge on any atom is -0.348 e. The molecule has 0 aliphatic carbocycles. The molecule has 23 heavy (non-hydrogen) atoms. The van der Waals surface area contributed by atoms with Gasteiger partial charge in [-0.15, -0.1) is 0 Å². The van der Waals surface area contributed by atoms with Crippen molar-refractivity contribution in [1.82, 2.24) is 14.4 Å². The third-order valence-electron chi connectivity index (χ3n) is 5.63. The molecule has 1 aromatic heterocycles. The molecule has 0 N–H and O–H groups in total. The summed E-state index contributed by atoms with van der Waals surface area (Å²) in [5, 5.41) is 1.32. The number of piperazine rings is 1. The first kappa shape index (κ1) is 14.8. The Morgan fingerprint density at radius 3 is 2.96 bits per heavy atom. The van der Waals surface area contributed by atoms with E-state index in [2.05, 4.69) is 58.7 Å². The van der Waals surface area contributed by atoms with Crippen molar-refractivity contribution in [1.29, 1.82) is 0 Å². The van der Waals surface area contributed by atoms with Crippen molar-refractivity contribution in [2.45, 2.75) is 51.9 Å². The van der Waals surface area contributed by atoms with Crippen LogP contribution in [0, 0.1) is 0 Å². The van der Waals surface area contributed by atoms with Gasteiger partial charge in [-0.3, -0.25) is 9.69 Å². The van der Waals surface area contributed by atoms with Gasteiger partial charge in [-0.05, 0) is 44.4 Å². The van der Waals surface area contributed by atoms with Crippen LogP contribution >= 0.6 is 0 Å². The fourth-order valence-electron chi connectivity index (χ4n) is 4.26. The summed E-state index contributed by atoms with van der Waals surface area (Å²) in [6.07, 6.45) is 4.48. The van der Waals surface area contributed by atoms with E-state index in [0.717, 1.165) is 39.0 Å². The van der Waals surface area contributed by atoms with E-state index < -0.39 is 0 Å². The van der Waals surface area contributed by atoms with E-state index in [9.17, 15) is 4.79 Å². The summed E-state index contributed by atoms with van der Waals surface area (Å²) in [5.41, 5.74) is 2.63. The Balaban J connectivity index is 1.62. The number of carbonyl (C=O) groups is 1. The number of benzene rings is 1. The zero-order valence-electron chi connectivity index (χ0n) is 14.0. The van der Waals surface area contributed by atoms with E-state index in [1.165, 1.54) is 16.5 Å². The summed E-state index contributed by atoms with van der Waals surface area (Å²) in [5.74, 6) is 0.317. The van der Waals surface area contributed by atoms with Crippen LogP contribution in [0.3, 0.4) is 0 Å². The smallest absolute Gasteiger partial charge is 0.239 e. The third kappa shape index (κ3) is 2.36. The van der Waals surface area contributed by atoms with Gasteiger partial charge in [0.05, 0.1) is 6.04 Å². The molecule has 0 saturated carbocycles. The van der Waals surface area contributed by atoms with Gasteiger partial charge >= 0.3 is 0 Å². The van der Waals surface area contributed by atoms with Gasteiger partial charge in [0.2, 0.25) is 5.91 Å². The predicted octanol–water partition coefficient (Wildman–Crippen LogP) is 2.86. The highest BCUT2D eigenvalue weighted by Gasteiger charge is 2.40. The van der Waals surface area contributed by atoms with Crippen molar-refractivity contribution in [3.8, 4) is 0 Å². The van der Waals surface area contributed by atoms with E-state index in [1.807, 2.05) is 0 Å². The van der Waals surface area contributed by atoms with Gasteiger partial charge in [0.15, 0.2) is 0 Å². The first-order valence-corrected chi connectivity index (χ1v) is 8.80. The van der Waals surface area contributed by atoms with Crippen LogP contribution in [0.1, 0.15) is 32.3 Å². The quantitative estimate of drug-likeness (QED) is 0.872. The zero-order valence-corrected chi connectivity index (χ0v) is 14.0. The SMILES string of the molecule is CCn1ccc2c(CN3C[C@@H]4CCCN4C(=O)[C@@H]3C)cccc21. The highest BCUT2D eigenvalue weighted by molar-refractivity contribution is 5.85. The van der Waals surface area contributed by atoms with Gasteiger partial charge < -0.3 is 9.47 Å². The zero-order chi connectivity index (χ0) is 16.0. The Labute approximate surface area is 137 Å². The maximum atomic E-state index is 12.6. The van der Waals surface area contributed by atoms with E-state index in [1.54, 1.807) is 0 Å². The standard InChI is InChI=1S/C19H25N3O/c1-3-20-11-9-17-15(6-4-8-18(17)20)12-21-13-16-7-5-10-22(16)19(23)14(21)2/h4,6,8-9,11,14,16H,3,5,7,10,12-13H2,1-2H3/t14-,16-/m0/s1. The molecule has 4 heteroatoms. The van der Waals surface area contributed by atoms with Crippen LogP contribution in [0.25, 0.3) is 10.9 Å². The molecule has 2 atom stereocenters. The maximum absolute atomic E-state index is 12.6. The molecule has 1 amide bonds. The molecule has 2 aliphatic rings. The molecular formula is C19H25N3O. The molecule has 0 radical (unpaired) electrons. The fraction of sp³-hybridized carbons (Fsp3) is 0.526. The average molecular weight is 311 g/mol. The van der Waals surface area contributed by atoms with E-state index in [4.69, 9.17) is 0 Å². The molecule has 4 nitrogen and oxygen atoms in total. The van der Waals surface area contributed by atoms with E-state index >= 15 is 0 Å². The molecular weight excluding hydrogens is 286 g/mol. The normalized spacial score (nSPS) is 25.3. The summed E-state index contributed by atoms with van der Waals surface area (Å²) in [6.45, 7) is 8.06. The second-order valence-electron chi connectivity index (χ2n) is 6.88. The number of aryl methyl sites for hydroxylation is 1. The first-order chi connectivity index (χ1) is 11.2. The number of aromatic nitrogens is 1. The van der Waals surface area contributed by atoms with Gasteiger partial charge in [0, 0.05) is 49.3 Å². The molecule has 1 aromatic carbocycles. The summed E-state index contributed by atoms with van der Waals surface area (Å²) >= 11 is 0. The van der Waals surface area contributed by atoms with Crippen LogP contribution in [-0.4, -0.2) is 45.4 Å². The second kappa shape index (κ2) is 5.68. The lowest BCUT2D eigenvalue weighted by atomic mass is 10.0. The number of hydrogen-bond acceptors (Lipinski definition) is 2. The molecule has 2 saturated heterocycles. The lowest BCUT2D eigenvalue weighted by Crippen LogP contribution is -2.58. The van der Waals surface area contributed by atoms with Gasteiger partial charge in [-0.1, -0.05) is 12.1 Å². The summed E-state index contributed by atoms with van der Waals surface area (Å²) < 4.78 is 2.28. The van der Waals surface area contributed by atoms with E-state index in [-0.39, 0.29) is 6.04 Å². The van der Waals surface area contributed by atoms with Crippen molar-refractivity contribution in [2.24, 2.45) is 0 Å². The largest absolute Gasteiger partial charge is 0.348 e. The van der Waals surface area contributed by atoms with Crippen LogP contribution in [0.4, 0.5) is 0 Å². The van der Waals surface area contributed by atoms with Gasteiger partial charge in [0.25, 0.3) is 0 Å². The highest BCUT2D eigenvalue weighted by Crippen LogP contribution is 2.28. The molecule has 2 aromatic rings. The number of amides is 1. The molecule has 0 bridgehead atoms. The number of rotatable bonds is 3. The minimum atomic E-state index is -0.00660. The van der Waals surface area contributed by atoms with Crippen molar-refractivity contribution in [3.63, 3.8) is 0 Å². The van der Waals surface area contributed by atoms with Crippen molar-refractivity contribution in [3.05, 3.63) is 36.0 Å². The topological polar surface area (TPSA) is 28.5 Å². The second-order valence-corrected chi connectivity index (χ2v) is 6.88. The monoisotopic (exact) mass is 311 g/mol. The summed E-state index contributed by atoms with van der Waals surface area (Å²) in [6, 6.07) is 9.17. The van der Waals surface area contributed by atoms with Gasteiger partial charge in [-0.2, -0.15) is 0 Å². The molecule has 0 unspecified atom stereocenters. The summed E-state index contributed by atoms with van der Waals surface area (Å²) in [4.78, 5) is 17.1. The molecule has 122 valence electrons. The molecule has 3 heterocycles. The highest BCUT2D eigenvalue weighted by atomic mass is 16.2. The lowest BCUT2D eigenvalue weighted by Gasteiger charge is -2.41. The van der Waals surface area contributed by atoms with E-state index in [0.29, 0.717) is 11.9 Å². The van der Waals surface area contributed by atoms with Crippen molar-refractivity contribution >= 4 is 16.8 Å². The van der Waals surface area contributed by atoms with Gasteiger partial charge in [0.1, 0.15) is 0 Å². The maximum Gasteiger partial charge on any atom is 0.239 e. The van der Waals surface area contributed by atoms with Crippen LogP contribution in [0.2, 0.25) is 0 Å². The Morgan fingerprint density at radius 1 is 1.26 bits per heavy atom. The Bertz CT molecular complexity index is 735. The Kier molecular flexibility index (Phi) is 3.64.